The van der Waals surface area contributed by atoms with E-state index in [4.69, 9.17) is 0 Å². The molecule has 0 aliphatic carbocycles. The smallest absolute Gasteiger partial charge is 0.303 e. The number of anilines is 1. The fourth-order valence-corrected chi connectivity index (χ4v) is 3.57. The number of nitrogens with zero attached hydrogens (tertiary/aromatic N) is 4. The number of unbranched alkanes of at least 4 members (excludes halogenated alkanes) is 5. The number of halogens is 1. The molecular formula is C21H27BrN6O2. The molecule has 0 fully saturated rings. The summed E-state index contributed by atoms with van der Waals surface area (Å²) >= 11 is 3.41. The number of aromatic nitrogens is 4. The van der Waals surface area contributed by atoms with Crippen molar-refractivity contribution in [1.29, 1.82) is 0 Å². The Bertz CT molecular complexity index is 1130. The molecule has 1 aromatic carbocycles. The monoisotopic (exact) mass is 474 g/mol. The van der Waals surface area contributed by atoms with Crippen LogP contribution in [0.2, 0.25) is 0 Å². The summed E-state index contributed by atoms with van der Waals surface area (Å²) in [6.45, 7) is 2.82. The van der Waals surface area contributed by atoms with Crippen LogP contribution in [0.5, 0.6) is 0 Å². The molecule has 3 aromatic rings. The molecule has 0 spiro atoms. The Kier molecular flexibility index (Phi) is 7.62. The summed E-state index contributed by atoms with van der Waals surface area (Å²) in [5, 5.41) is 4.27. The zero-order valence-corrected chi connectivity index (χ0v) is 18.9. The number of benzene rings is 1. The zero-order chi connectivity index (χ0) is 21.5. The summed E-state index contributed by atoms with van der Waals surface area (Å²) < 4.78 is 4.15. The van der Waals surface area contributed by atoms with Crippen molar-refractivity contribution >= 4 is 39.3 Å². The van der Waals surface area contributed by atoms with Gasteiger partial charge in [-0.15, -0.1) is 0 Å². The second kappa shape index (κ2) is 10.4. The Hall–Kier alpha value is -2.68. The Morgan fingerprint density at radius 2 is 1.83 bits per heavy atom. The van der Waals surface area contributed by atoms with Crippen molar-refractivity contribution in [2.24, 2.45) is 12.1 Å². The van der Waals surface area contributed by atoms with Crippen LogP contribution in [0, 0.1) is 0 Å². The molecule has 0 amide bonds. The second-order valence-corrected chi connectivity index (χ2v) is 8.18. The lowest BCUT2D eigenvalue weighted by atomic mass is 10.1. The third kappa shape index (κ3) is 5.27. The number of imidazole rings is 1. The van der Waals surface area contributed by atoms with E-state index >= 15 is 0 Å². The molecular weight excluding hydrogens is 448 g/mol. The molecule has 2 N–H and O–H groups in total. The standard InChI is InChI=1S/C21H27BrN6O2/c1-3-4-5-6-7-8-13-28-17-18(27(2)21(30)25-19(17)29)24-20(28)26-23-14-15-9-11-16(22)12-10-15/h9-12,14H,3-8,13H2,1-2H3,(H,24,26)(H,25,29,30)/b23-14-. The number of fused-ring (bicyclic) bond motifs is 1. The van der Waals surface area contributed by atoms with E-state index in [1.54, 1.807) is 13.3 Å². The van der Waals surface area contributed by atoms with Gasteiger partial charge in [-0.2, -0.15) is 10.1 Å². The number of aromatic amines is 1. The quantitative estimate of drug-likeness (QED) is 0.263. The van der Waals surface area contributed by atoms with Gasteiger partial charge in [0.2, 0.25) is 5.95 Å². The number of hydrazone groups is 1. The SMILES string of the molecule is CCCCCCCCn1c(N/N=C\c2ccc(Br)cc2)nc2c1c(=O)[nH]c(=O)n2C. The zero-order valence-electron chi connectivity index (χ0n) is 17.3. The minimum Gasteiger partial charge on any atom is -0.303 e. The van der Waals surface area contributed by atoms with Gasteiger partial charge in [0.25, 0.3) is 5.56 Å². The predicted octanol–water partition coefficient (Wildman–Crippen LogP) is 3.99. The molecule has 2 aromatic heterocycles. The minimum atomic E-state index is -0.485. The summed E-state index contributed by atoms with van der Waals surface area (Å²) in [5.74, 6) is 0.443. The third-order valence-electron chi connectivity index (χ3n) is 4.99. The molecule has 0 atom stereocenters. The van der Waals surface area contributed by atoms with Gasteiger partial charge in [-0.25, -0.2) is 10.2 Å². The van der Waals surface area contributed by atoms with E-state index < -0.39 is 11.2 Å². The summed E-state index contributed by atoms with van der Waals surface area (Å²) in [6.07, 6.45) is 8.52. The first-order valence-electron chi connectivity index (χ1n) is 10.3. The fraction of sp³-hybridized carbons (Fsp3) is 0.429. The largest absolute Gasteiger partial charge is 0.329 e. The van der Waals surface area contributed by atoms with Crippen LogP contribution in [0.4, 0.5) is 5.95 Å². The van der Waals surface area contributed by atoms with E-state index in [0.29, 0.717) is 23.7 Å². The van der Waals surface area contributed by atoms with E-state index in [-0.39, 0.29) is 0 Å². The Balaban J connectivity index is 1.84. The number of rotatable bonds is 10. The lowest BCUT2D eigenvalue weighted by Crippen LogP contribution is -2.29. The van der Waals surface area contributed by atoms with E-state index in [0.717, 1.165) is 22.9 Å². The molecule has 3 rings (SSSR count). The van der Waals surface area contributed by atoms with Gasteiger partial charge in [0.1, 0.15) is 0 Å². The third-order valence-corrected chi connectivity index (χ3v) is 5.52. The van der Waals surface area contributed by atoms with Crippen molar-refractivity contribution in [3.8, 4) is 0 Å². The van der Waals surface area contributed by atoms with Gasteiger partial charge in [-0.3, -0.25) is 14.3 Å². The fourth-order valence-electron chi connectivity index (χ4n) is 3.30. The maximum absolute atomic E-state index is 12.5. The summed E-state index contributed by atoms with van der Waals surface area (Å²) in [7, 11) is 1.59. The molecule has 0 aliphatic rings. The average Bonchev–Trinajstić information content (AvgIpc) is 3.09. The maximum Gasteiger partial charge on any atom is 0.329 e. The van der Waals surface area contributed by atoms with Crippen molar-refractivity contribution in [2.75, 3.05) is 5.43 Å². The highest BCUT2D eigenvalue weighted by Gasteiger charge is 2.16. The number of hydrogen-bond acceptors (Lipinski definition) is 5. The molecule has 0 unspecified atom stereocenters. The predicted molar refractivity (Wildman–Crippen MR) is 124 cm³/mol. The van der Waals surface area contributed by atoms with Gasteiger partial charge >= 0.3 is 5.69 Å². The van der Waals surface area contributed by atoms with Gasteiger partial charge in [0, 0.05) is 18.1 Å². The Morgan fingerprint density at radius 3 is 2.57 bits per heavy atom. The second-order valence-electron chi connectivity index (χ2n) is 7.27. The molecule has 2 heterocycles. The van der Waals surface area contributed by atoms with Crippen molar-refractivity contribution in [3.05, 3.63) is 55.1 Å². The molecule has 30 heavy (non-hydrogen) atoms. The van der Waals surface area contributed by atoms with Crippen LogP contribution in [-0.4, -0.2) is 25.3 Å². The number of hydrogen-bond donors (Lipinski definition) is 2. The lowest BCUT2D eigenvalue weighted by Gasteiger charge is -2.08. The van der Waals surface area contributed by atoms with Gasteiger partial charge in [-0.05, 0) is 24.1 Å². The van der Waals surface area contributed by atoms with E-state index in [1.807, 2.05) is 28.8 Å². The minimum absolute atomic E-state index is 0.344. The number of aryl methyl sites for hydroxylation is 2. The van der Waals surface area contributed by atoms with Crippen LogP contribution in [0.1, 0.15) is 51.0 Å². The highest BCUT2D eigenvalue weighted by Crippen LogP contribution is 2.17. The van der Waals surface area contributed by atoms with Crippen LogP contribution >= 0.6 is 15.9 Å². The Morgan fingerprint density at radius 1 is 1.13 bits per heavy atom. The van der Waals surface area contributed by atoms with Crippen LogP contribution in [-0.2, 0) is 13.6 Å². The molecule has 0 radical (unpaired) electrons. The van der Waals surface area contributed by atoms with E-state index in [9.17, 15) is 9.59 Å². The summed E-state index contributed by atoms with van der Waals surface area (Å²) in [5.41, 5.74) is 3.67. The van der Waals surface area contributed by atoms with Crippen molar-refractivity contribution < 1.29 is 0 Å². The summed E-state index contributed by atoms with van der Waals surface area (Å²) in [4.78, 5) is 31.3. The molecule has 0 aliphatic heterocycles. The van der Waals surface area contributed by atoms with Gasteiger partial charge in [0.15, 0.2) is 11.2 Å². The van der Waals surface area contributed by atoms with Crippen LogP contribution in [0.15, 0.2) is 43.4 Å². The van der Waals surface area contributed by atoms with Gasteiger partial charge < -0.3 is 4.57 Å². The maximum atomic E-state index is 12.5. The topological polar surface area (TPSA) is 97.1 Å². The first-order valence-corrected chi connectivity index (χ1v) is 11.0. The summed E-state index contributed by atoms with van der Waals surface area (Å²) in [6, 6.07) is 7.74. The van der Waals surface area contributed by atoms with Crippen molar-refractivity contribution in [2.45, 2.75) is 52.0 Å². The van der Waals surface area contributed by atoms with Crippen molar-refractivity contribution in [1.82, 2.24) is 19.1 Å². The molecule has 0 saturated heterocycles. The normalized spacial score (nSPS) is 11.6. The Labute approximate surface area is 183 Å². The highest BCUT2D eigenvalue weighted by molar-refractivity contribution is 9.10. The molecule has 160 valence electrons. The molecule has 8 nitrogen and oxygen atoms in total. The highest BCUT2D eigenvalue weighted by atomic mass is 79.9. The van der Waals surface area contributed by atoms with Crippen molar-refractivity contribution in [3.63, 3.8) is 0 Å². The van der Waals surface area contributed by atoms with E-state index in [1.165, 1.54) is 30.3 Å². The van der Waals surface area contributed by atoms with E-state index in [2.05, 4.69) is 43.3 Å². The number of H-pyrrole nitrogens is 1. The number of nitrogens with one attached hydrogen (secondary N) is 2. The first kappa shape index (κ1) is 22.0. The molecule has 0 bridgehead atoms. The van der Waals surface area contributed by atoms with Crippen LogP contribution in [0.3, 0.4) is 0 Å². The lowest BCUT2D eigenvalue weighted by molar-refractivity contribution is 0.565. The van der Waals surface area contributed by atoms with Crippen LogP contribution in [0.25, 0.3) is 11.2 Å². The molecule has 9 heteroatoms. The van der Waals surface area contributed by atoms with Crippen LogP contribution < -0.4 is 16.7 Å². The average molecular weight is 475 g/mol. The van der Waals surface area contributed by atoms with Gasteiger partial charge in [0.05, 0.1) is 6.21 Å². The first-order chi connectivity index (χ1) is 14.5. The van der Waals surface area contributed by atoms with Gasteiger partial charge in [-0.1, -0.05) is 67.1 Å². The molecule has 0 saturated carbocycles.